The van der Waals surface area contributed by atoms with E-state index in [4.69, 9.17) is 9.72 Å². The van der Waals surface area contributed by atoms with Crippen LogP contribution in [0.15, 0.2) is 24.3 Å². The molecule has 21 heavy (non-hydrogen) atoms. The highest BCUT2D eigenvalue weighted by molar-refractivity contribution is 5.75. The Bertz CT molecular complexity index is 589. The van der Waals surface area contributed by atoms with Crippen molar-refractivity contribution in [3.8, 4) is 0 Å². The molecule has 1 aromatic carbocycles. The number of rotatable bonds is 7. The molecule has 1 atom stereocenters. The Morgan fingerprint density at radius 3 is 2.62 bits per heavy atom. The Kier molecular flexibility index (Phi) is 5.01. The van der Waals surface area contributed by atoms with E-state index in [2.05, 4.69) is 48.9 Å². The smallest absolute Gasteiger partial charge is 0.111 e. The quantitative estimate of drug-likeness (QED) is 0.851. The van der Waals surface area contributed by atoms with Gasteiger partial charge in [0.1, 0.15) is 5.82 Å². The molecule has 0 aliphatic carbocycles. The Balaban J connectivity index is 2.33. The fraction of sp³-hybridized carbons (Fsp3) is 0.588. The summed E-state index contributed by atoms with van der Waals surface area (Å²) in [6, 6.07) is 8.54. The molecule has 2 aromatic rings. The zero-order chi connectivity index (χ0) is 15.5. The molecule has 2 rings (SSSR count). The third kappa shape index (κ3) is 3.27. The van der Waals surface area contributed by atoms with Crippen molar-refractivity contribution in [1.82, 2.24) is 14.9 Å². The average Bonchev–Trinajstić information content (AvgIpc) is 2.81. The van der Waals surface area contributed by atoms with Crippen molar-refractivity contribution in [2.75, 3.05) is 13.7 Å². The third-order valence-electron chi connectivity index (χ3n) is 4.14. The lowest BCUT2D eigenvalue weighted by Crippen LogP contribution is -2.49. The van der Waals surface area contributed by atoms with Gasteiger partial charge in [-0.3, -0.25) is 0 Å². The van der Waals surface area contributed by atoms with E-state index < -0.39 is 0 Å². The second-order valence-corrected chi connectivity index (χ2v) is 5.84. The monoisotopic (exact) mass is 289 g/mol. The lowest BCUT2D eigenvalue weighted by molar-refractivity contribution is -0.0368. The van der Waals surface area contributed by atoms with Gasteiger partial charge in [-0.2, -0.15) is 0 Å². The first-order valence-corrected chi connectivity index (χ1v) is 7.78. The summed E-state index contributed by atoms with van der Waals surface area (Å²) in [6.45, 7) is 10.1. The second kappa shape index (κ2) is 6.58. The summed E-state index contributed by atoms with van der Waals surface area (Å²) in [5, 5.41) is 3.39. The van der Waals surface area contributed by atoms with Crippen LogP contribution in [0.4, 0.5) is 0 Å². The van der Waals surface area contributed by atoms with Crippen LogP contribution in [0.5, 0.6) is 0 Å². The van der Waals surface area contributed by atoms with Crippen molar-refractivity contribution in [2.45, 2.75) is 52.3 Å². The molecule has 4 heteroatoms. The number of ether oxygens (including phenoxy) is 1. The SMILES string of the molecule is CCOC(C)(C)C(Cc1nc2ccccc2n1CC)NC. The Labute approximate surface area is 127 Å². The topological polar surface area (TPSA) is 39.1 Å². The number of likely N-dealkylation sites (N-methyl/N-ethyl adjacent to an activating group) is 1. The Hall–Kier alpha value is -1.39. The van der Waals surface area contributed by atoms with Crippen molar-refractivity contribution < 1.29 is 4.74 Å². The molecule has 116 valence electrons. The molecule has 0 amide bonds. The molecular weight excluding hydrogens is 262 g/mol. The number of nitrogens with zero attached hydrogens (tertiary/aromatic N) is 2. The zero-order valence-corrected chi connectivity index (χ0v) is 13.8. The second-order valence-electron chi connectivity index (χ2n) is 5.84. The van der Waals surface area contributed by atoms with Crippen LogP contribution < -0.4 is 5.32 Å². The Morgan fingerprint density at radius 1 is 1.29 bits per heavy atom. The Morgan fingerprint density at radius 2 is 2.00 bits per heavy atom. The van der Waals surface area contributed by atoms with E-state index in [-0.39, 0.29) is 11.6 Å². The number of fused-ring (bicyclic) bond motifs is 1. The van der Waals surface area contributed by atoms with E-state index in [1.807, 2.05) is 20.0 Å². The van der Waals surface area contributed by atoms with Crippen molar-refractivity contribution in [3.63, 3.8) is 0 Å². The standard InChI is InChI=1S/C17H27N3O/c1-6-20-14-11-9-8-10-13(14)19-16(20)12-15(18-5)17(3,4)21-7-2/h8-11,15,18H,6-7,12H2,1-5H3. The van der Waals surface area contributed by atoms with Crippen LogP contribution in [0, 0.1) is 0 Å². The minimum absolute atomic E-state index is 0.222. The number of benzene rings is 1. The van der Waals surface area contributed by atoms with Crippen LogP contribution in [-0.4, -0.2) is 34.8 Å². The summed E-state index contributed by atoms with van der Waals surface area (Å²) in [4.78, 5) is 4.81. The molecular formula is C17H27N3O. The van der Waals surface area contributed by atoms with Crippen LogP contribution in [0.3, 0.4) is 0 Å². The fourth-order valence-corrected chi connectivity index (χ4v) is 2.98. The molecule has 0 radical (unpaired) electrons. The maximum absolute atomic E-state index is 5.90. The molecule has 1 unspecified atom stereocenters. The molecule has 0 bridgehead atoms. The van der Waals surface area contributed by atoms with E-state index in [9.17, 15) is 0 Å². The summed E-state index contributed by atoms with van der Waals surface area (Å²) >= 11 is 0. The van der Waals surface area contributed by atoms with E-state index in [0.29, 0.717) is 0 Å². The lowest BCUT2D eigenvalue weighted by atomic mass is 9.95. The van der Waals surface area contributed by atoms with Gasteiger partial charge < -0.3 is 14.6 Å². The number of hydrogen-bond acceptors (Lipinski definition) is 3. The van der Waals surface area contributed by atoms with Crippen molar-refractivity contribution in [1.29, 1.82) is 0 Å². The molecule has 0 spiro atoms. The zero-order valence-electron chi connectivity index (χ0n) is 13.8. The molecule has 0 aliphatic rings. The predicted molar refractivity (Wildman–Crippen MR) is 87.7 cm³/mol. The number of para-hydroxylation sites is 2. The van der Waals surface area contributed by atoms with Gasteiger partial charge in [0.25, 0.3) is 0 Å². The van der Waals surface area contributed by atoms with Gasteiger partial charge in [-0.1, -0.05) is 12.1 Å². The van der Waals surface area contributed by atoms with Gasteiger partial charge in [0.05, 0.1) is 16.6 Å². The van der Waals surface area contributed by atoms with Crippen LogP contribution in [-0.2, 0) is 17.7 Å². The van der Waals surface area contributed by atoms with Crippen LogP contribution in [0.2, 0.25) is 0 Å². The number of nitrogens with one attached hydrogen (secondary N) is 1. The molecule has 0 saturated heterocycles. The van der Waals surface area contributed by atoms with Gasteiger partial charge in [-0.05, 0) is 46.9 Å². The number of aromatic nitrogens is 2. The highest BCUT2D eigenvalue weighted by Crippen LogP contribution is 2.22. The molecule has 1 heterocycles. The molecule has 0 saturated carbocycles. The molecule has 0 aliphatic heterocycles. The average molecular weight is 289 g/mol. The summed E-state index contributed by atoms with van der Waals surface area (Å²) in [5.41, 5.74) is 2.05. The van der Waals surface area contributed by atoms with Gasteiger partial charge >= 0.3 is 0 Å². The van der Waals surface area contributed by atoms with Crippen molar-refractivity contribution in [3.05, 3.63) is 30.1 Å². The number of aryl methyl sites for hydroxylation is 1. The summed E-state index contributed by atoms with van der Waals surface area (Å²) in [5.74, 6) is 1.12. The fourth-order valence-electron chi connectivity index (χ4n) is 2.98. The van der Waals surface area contributed by atoms with E-state index in [1.165, 1.54) is 5.52 Å². The van der Waals surface area contributed by atoms with Crippen LogP contribution in [0.25, 0.3) is 11.0 Å². The van der Waals surface area contributed by atoms with Gasteiger partial charge in [0.15, 0.2) is 0 Å². The van der Waals surface area contributed by atoms with E-state index in [0.717, 1.165) is 30.9 Å². The molecule has 1 aromatic heterocycles. The maximum Gasteiger partial charge on any atom is 0.111 e. The van der Waals surface area contributed by atoms with E-state index >= 15 is 0 Å². The molecule has 0 fully saturated rings. The summed E-state index contributed by atoms with van der Waals surface area (Å²) < 4.78 is 8.20. The third-order valence-corrected chi connectivity index (χ3v) is 4.14. The number of imidazole rings is 1. The van der Waals surface area contributed by atoms with E-state index in [1.54, 1.807) is 0 Å². The first-order chi connectivity index (χ1) is 10.0. The first-order valence-electron chi connectivity index (χ1n) is 7.78. The van der Waals surface area contributed by atoms with Crippen LogP contribution >= 0.6 is 0 Å². The van der Waals surface area contributed by atoms with Crippen LogP contribution in [0.1, 0.15) is 33.5 Å². The molecule has 1 N–H and O–H groups in total. The van der Waals surface area contributed by atoms with Gasteiger partial charge in [0.2, 0.25) is 0 Å². The highest BCUT2D eigenvalue weighted by Gasteiger charge is 2.30. The number of hydrogen-bond donors (Lipinski definition) is 1. The minimum Gasteiger partial charge on any atom is -0.374 e. The normalized spacial score (nSPS) is 13.8. The predicted octanol–water partition coefficient (Wildman–Crippen LogP) is 3.00. The minimum atomic E-state index is -0.222. The molecule has 4 nitrogen and oxygen atoms in total. The highest BCUT2D eigenvalue weighted by atomic mass is 16.5. The maximum atomic E-state index is 5.90. The summed E-state index contributed by atoms with van der Waals surface area (Å²) in [7, 11) is 1.99. The van der Waals surface area contributed by atoms with Gasteiger partial charge in [0, 0.05) is 25.6 Å². The largest absolute Gasteiger partial charge is 0.374 e. The summed E-state index contributed by atoms with van der Waals surface area (Å²) in [6.07, 6.45) is 0.853. The first kappa shape index (κ1) is 16.0. The van der Waals surface area contributed by atoms with Gasteiger partial charge in [-0.15, -0.1) is 0 Å². The van der Waals surface area contributed by atoms with Gasteiger partial charge in [-0.25, -0.2) is 4.98 Å². The lowest BCUT2D eigenvalue weighted by Gasteiger charge is -2.34. The van der Waals surface area contributed by atoms with Crippen molar-refractivity contribution in [2.24, 2.45) is 0 Å². The van der Waals surface area contributed by atoms with Crippen molar-refractivity contribution >= 4 is 11.0 Å².